The van der Waals surface area contributed by atoms with E-state index in [0.29, 0.717) is 13.0 Å². The summed E-state index contributed by atoms with van der Waals surface area (Å²) in [5.41, 5.74) is 0. The molecule has 3 nitrogen and oxygen atoms in total. The minimum Gasteiger partial charge on any atom is -0.381 e. The molecular formula is C11H23NO2. The van der Waals surface area contributed by atoms with Gasteiger partial charge in [0.25, 0.3) is 0 Å². The second kappa shape index (κ2) is 9.00. The van der Waals surface area contributed by atoms with Crippen molar-refractivity contribution in [2.24, 2.45) is 0 Å². The standard InChI is InChI=1S/C11H23NO2/c1-4-9-14-10-7-8-11(13)12(5-2)6-3/h4-10H2,1-3H3. The molecule has 14 heavy (non-hydrogen) atoms. The highest BCUT2D eigenvalue weighted by Gasteiger charge is 2.07. The summed E-state index contributed by atoms with van der Waals surface area (Å²) >= 11 is 0. The lowest BCUT2D eigenvalue weighted by Gasteiger charge is -2.18. The fraction of sp³-hybridized carbons (Fsp3) is 0.909. The predicted octanol–water partition coefficient (Wildman–Crippen LogP) is 2.06. The zero-order valence-electron chi connectivity index (χ0n) is 9.71. The lowest BCUT2D eigenvalue weighted by molar-refractivity contribution is -0.131. The van der Waals surface area contributed by atoms with Crippen LogP contribution in [0.25, 0.3) is 0 Å². The molecule has 0 saturated heterocycles. The first-order chi connectivity index (χ1) is 6.76. The monoisotopic (exact) mass is 201 g/mol. The van der Waals surface area contributed by atoms with Gasteiger partial charge in [0, 0.05) is 32.7 Å². The minimum atomic E-state index is 0.245. The molecule has 0 N–H and O–H groups in total. The van der Waals surface area contributed by atoms with E-state index in [0.717, 1.165) is 32.5 Å². The van der Waals surface area contributed by atoms with Crippen molar-refractivity contribution in [3.63, 3.8) is 0 Å². The van der Waals surface area contributed by atoms with E-state index in [1.54, 1.807) is 0 Å². The van der Waals surface area contributed by atoms with Gasteiger partial charge in [0.1, 0.15) is 0 Å². The number of hydrogen-bond acceptors (Lipinski definition) is 2. The Kier molecular flexibility index (Phi) is 8.64. The van der Waals surface area contributed by atoms with Gasteiger partial charge in [-0.25, -0.2) is 0 Å². The van der Waals surface area contributed by atoms with Gasteiger partial charge in [-0.15, -0.1) is 0 Å². The molecule has 0 aromatic carbocycles. The molecule has 0 bridgehead atoms. The fourth-order valence-electron chi connectivity index (χ4n) is 1.31. The van der Waals surface area contributed by atoms with Gasteiger partial charge in [0.2, 0.25) is 5.91 Å². The van der Waals surface area contributed by atoms with Crippen molar-refractivity contribution in [1.82, 2.24) is 4.90 Å². The molecule has 0 spiro atoms. The Morgan fingerprint density at radius 1 is 1.14 bits per heavy atom. The van der Waals surface area contributed by atoms with Crippen molar-refractivity contribution in [2.75, 3.05) is 26.3 Å². The lowest BCUT2D eigenvalue weighted by Crippen LogP contribution is -2.30. The maximum absolute atomic E-state index is 11.5. The van der Waals surface area contributed by atoms with Gasteiger partial charge in [-0.2, -0.15) is 0 Å². The number of hydrogen-bond donors (Lipinski definition) is 0. The quantitative estimate of drug-likeness (QED) is 0.563. The Labute approximate surface area is 87.4 Å². The summed E-state index contributed by atoms with van der Waals surface area (Å²) < 4.78 is 5.31. The van der Waals surface area contributed by atoms with Crippen LogP contribution in [0.1, 0.15) is 40.0 Å². The average Bonchev–Trinajstić information content (AvgIpc) is 2.19. The Balaban J connectivity index is 3.43. The number of carbonyl (C=O) groups excluding carboxylic acids is 1. The number of ether oxygens (including phenoxy) is 1. The summed E-state index contributed by atoms with van der Waals surface area (Å²) in [4.78, 5) is 13.4. The van der Waals surface area contributed by atoms with Crippen LogP contribution in [0, 0.1) is 0 Å². The average molecular weight is 201 g/mol. The third kappa shape index (κ3) is 5.97. The Morgan fingerprint density at radius 3 is 2.29 bits per heavy atom. The number of rotatable bonds is 8. The van der Waals surface area contributed by atoms with Gasteiger partial charge in [0.15, 0.2) is 0 Å². The Bertz CT molecular complexity index is 144. The van der Waals surface area contributed by atoms with Crippen LogP contribution in [-0.2, 0) is 9.53 Å². The van der Waals surface area contributed by atoms with E-state index < -0.39 is 0 Å². The molecule has 0 aliphatic rings. The second-order valence-corrected chi connectivity index (χ2v) is 3.28. The third-order valence-corrected chi connectivity index (χ3v) is 2.14. The third-order valence-electron chi connectivity index (χ3n) is 2.14. The Morgan fingerprint density at radius 2 is 1.79 bits per heavy atom. The van der Waals surface area contributed by atoms with Gasteiger partial charge >= 0.3 is 0 Å². The van der Waals surface area contributed by atoms with E-state index in [1.807, 2.05) is 18.7 Å². The van der Waals surface area contributed by atoms with Crippen LogP contribution in [0.2, 0.25) is 0 Å². The van der Waals surface area contributed by atoms with E-state index in [2.05, 4.69) is 6.92 Å². The normalized spacial score (nSPS) is 10.2. The zero-order valence-corrected chi connectivity index (χ0v) is 9.71. The first kappa shape index (κ1) is 13.4. The highest BCUT2D eigenvalue weighted by molar-refractivity contribution is 5.76. The number of nitrogens with zero attached hydrogens (tertiary/aromatic N) is 1. The first-order valence-corrected chi connectivity index (χ1v) is 5.61. The smallest absolute Gasteiger partial charge is 0.222 e. The molecule has 0 unspecified atom stereocenters. The molecular weight excluding hydrogens is 178 g/mol. The van der Waals surface area contributed by atoms with E-state index in [4.69, 9.17) is 4.74 Å². The van der Waals surface area contributed by atoms with E-state index >= 15 is 0 Å². The molecule has 3 heteroatoms. The first-order valence-electron chi connectivity index (χ1n) is 5.61. The van der Waals surface area contributed by atoms with Gasteiger partial charge in [0.05, 0.1) is 0 Å². The summed E-state index contributed by atoms with van der Waals surface area (Å²) in [6.07, 6.45) is 2.50. The Hall–Kier alpha value is -0.570. The summed E-state index contributed by atoms with van der Waals surface area (Å²) in [6, 6.07) is 0. The minimum absolute atomic E-state index is 0.245. The van der Waals surface area contributed by atoms with E-state index in [1.165, 1.54) is 0 Å². The summed E-state index contributed by atoms with van der Waals surface area (Å²) in [5.74, 6) is 0.245. The molecule has 0 aromatic rings. The van der Waals surface area contributed by atoms with Gasteiger partial charge in [-0.05, 0) is 26.7 Å². The maximum atomic E-state index is 11.5. The van der Waals surface area contributed by atoms with Gasteiger partial charge in [-0.1, -0.05) is 6.92 Å². The van der Waals surface area contributed by atoms with Crippen LogP contribution in [-0.4, -0.2) is 37.1 Å². The maximum Gasteiger partial charge on any atom is 0.222 e. The van der Waals surface area contributed by atoms with Gasteiger partial charge < -0.3 is 9.64 Å². The molecule has 0 aliphatic heterocycles. The molecule has 0 aliphatic carbocycles. The van der Waals surface area contributed by atoms with Crippen LogP contribution in [0.4, 0.5) is 0 Å². The molecule has 0 radical (unpaired) electrons. The molecule has 0 fully saturated rings. The molecule has 84 valence electrons. The summed E-state index contributed by atoms with van der Waals surface area (Å²) in [7, 11) is 0. The van der Waals surface area contributed by atoms with E-state index in [9.17, 15) is 4.79 Å². The van der Waals surface area contributed by atoms with Crippen molar-refractivity contribution >= 4 is 5.91 Å². The predicted molar refractivity (Wildman–Crippen MR) is 58.3 cm³/mol. The summed E-state index contributed by atoms with van der Waals surface area (Å²) in [6.45, 7) is 9.24. The molecule has 0 rings (SSSR count). The van der Waals surface area contributed by atoms with Crippen molar-refractivity contribution in [3.8, 4) is 0 Å². The van der Waals surface area contributed by atoms with Crippen molar-refractivity contribution in [2.45, 2.75) is 40.0 Å². The summed E-state index contributed by atoms with van der Waals surface area (Å²) in [5, 5.41) is 0. The van der Waals surface area contributed by atoms with Crippen LogP contribution >= 0.6 is 0 Å². The van der Waals surface area contributed by atoms with Crippen LogP contribution in [0.15, 0.2) is 0 Å². The topological polar surface area (TPSA) is 29.5 Å². The lowest BCUT2D eigenvalue weighted by atomic mass is 10.3. The molecule has 1 amide bonds. The molecule has 0 saturated carbocycles. The zero-order chi connectivity index (χ0) is 10.8. The van der Waals surface area contributed by atoms with E-state index in [-0.39, 0.29) is 5.91 Å². The van der Waals surface area contributed by atoms with Crippen molar-refractivity contribution < 1.29 is 9.53 Å². The van der Waals surface area contributed by atoms with Crippen LogP contribution < -0.4 is 0 Å². The highest BCUT2D eigenvalue weighted by atomic mass is 16.5. The SMILES string of the molecule is CCCOCCCC(=O)N(CC)CC. The fourth-order valence-corrected chi connectivity index (χ4v) is 1.31. The number of amides is 1. The van der Waals surface area contributed by atoms with Crippen molar-refractivity contribution in [1.29, 1.82) is 0 Å². The number of carbonyl (C=O) groups is 1. The largest absolute Gasteiger partial charge is 0.381 e. The van der Waals surface area contributed by atoms with Gasteiger partial charge in [-0.3, -0.25) is 4.79 Å². The second-order valence-electron chi connectivity index (χ2n) is 3.28. The molecule has 0 aromatic heterocycles. The highest BCUT2D eigenvalue weighted by Crippen LogP contribution is 1.98. The van der Waals surface area contributed by atoms with Crippen molar-refractivity contribution in [3.05, 3.63) is 0 Å². The van der Waals surface area contributed by atoms with Crippen LogP contribution in [0.5, 0.6) is 0 Å². The molecule has 0 atom stereocenters. The molecule has 0 heterocycles. The van der Waals surface area contributed by atoms with Crippen LogP contribution in [0.3, 0.4) is 0 Å².